The maximum atomic E-state index is 12.3. The third-order valence-electron chi connectivity index (χ3n) is 3.85. The summed E-state index contributed by atoms with van der Waals surface area (Å²) >= 11 is 0. The maximum absolute atomic E-state index is 12.3. The second-order valence-corrected chi connectivity index (χ2v) is 5.24. The van der Waals surface area contributed by atoms with Gasteiger partial charge in [0.1, 0.15) is 0 Å². The van der Waals surface area contributed by atoms with E-state index in [2.05, 4.69) is 19.2 Å². The standard InChI is InChI=1S/C16H24N2O3.ClH/c1-4-20-14-7-5-6-8-15(14)21-11-16(19)18-10-9-17-12(2)13(18)3;/h5-8,12-13,17H,4,9-11H2,1-3H3;1H. The minimum atomic E-state index is 0. The second kappa shape index (κ2) is 8.86. The normalized spacial score (nSPS) is 21.0. The van der Waals surface area contributed by atoms with Crippen LogP contribution in [-0.2, 0) is 4.79 Å². The molecule has 1 aromatic rings. The smallest absolute Gasteiger partial charge is 0.260 e. The first kappa shape index (κ1) is 18.6. The van der Waals surface area contributed by atoms with Crippen molar-refractivity contribution in [2.75, 3.05) is 26.3 Å². The summed E-state index contributed by atoms with van der Waals surface area (Å²) in [6.07, 6.45) is 0. The Labute approximate surface area is 138 Å². The summed E-state index contributed by atoms with van der Waals surface area (Å²) in [5.74, 6) is 1.31. The lowest BCUT2D eigenvalue weighted by molar-refractivity contribution is -0.137. The predicted molar refractivity (Wildman–Crippen MR) is 89.0 cm³/mol. The van der Waals surface area contributed by atoms with E-state index < -0.39 is 0 Å². The average molecular weight is 329 g/mol. The number of halogens is 1. The number of hydrogen-bond donors (Lipinski definition) is 1. The Morgan fingerprint density at radius 3 is 2.55 bits per heavy atom. The van der Waals surface area contributed by atoms with E-state index in [4.69, 9.17) is 9.47 Å². The van der Waals surface area contributed by atoms with Crippen LogP contribution < -0.4 is 14.8 Å². The van der Waals surface area contributed by atoms with E-state index in [0.717, 1.165) is 13.1 Å². The van der Waals surface area contributed by atoms with Crippen LogP contribution >= 0.6 is 12.4 Å². The number of nitrogens with one attached hydrogen (secondary N) is 1. The number of nitrogens with zero attached hydrogens (tertiary/aromatic N) is 1. The fourth-order valence-corrected chi connectivity index (χ4v) is 2.48. The van der Waals surface area contributed by atoms with Gasteiger partial charge >= 0.3 is 0 Å². The van der Waals surface area contributed by atoms with E-state index in [0.29, 0.717) is 24.1 Å². The van der Waals surface area contributed by atoms with Crippen LogP contribution in [0.2, 0.25) is 0 Å². The molecule has 0 aliphatic carbocycles. The second-order valence-electron chi connectivity index (χ2n) is 5.24. The van der Waals surface area contributed by atoms with Crippen LogP contribution in [0.4, 0.5) is 0 Å². The Hall–Kier alpha value is -1.46. The number of para-hydroxylation sites is 2. The fraction of sp³-hybridized carbons (Fsp3) is 0.562. The van der Waals surface area contributed by atoms with Gasteiger partial charge in [-0.2, -0.15) is 0 Å². The van der Waals surface area contributed by atoms with E-state index in [-0.39, 0.29) is 31.0 Å². The van der Waals surface area contributed by atoms with Crippen molar-refractivity contribution in [1.82, 2.24) is 10.2 Å². The summed E-state index contributed by atoms with van der Waals surface area (Å²) < 4.78 is 11.1. The SMILES string of the molecule is CCOc1ccccc1OCC(=O)N1CCNC(C)C1C.Cl. The van der Waals surface area contributed by atoms with Gasteiger partial charge in [-0.05, 0) is 32.9 Å². The van der Waals surface area contributed by atoms with Crippen molar-refractivity contribution < 1.29 is 14.3 Å². The molecule has 0 spiro atoms. The van der Waals surface area contributed by atoms with Crippen molar-refractivity contribution in [3.63, 3.8) is 0 Å². The Kier molecular flexibility index (Phi) is 7.48. The number of carbonyl (C=O) groups excluding carboxylic acids is 1. The molecule has 1 aromatic carbocycles. The number of amides is 1. The summed E-state index contributed by atoms with van der Waals surface area (Å²) in [4.78, 5) is 14.2. The maximum Gasteiger partial charge on any atom is 0.260 e. The highest BCUT2D eigenvalue weighted by atomic mass is 35.5. The summed E-state index contributed by atoms with van der Waals surface area (Å²) in [5.41, 5.74) is 0. The fourth-order valence-electron chi connectivity index (χ4n) is 2.48. The highest BCUT2D eigenvalue weighted by Crippen LogP contribution is 2.26. The van der Waals surface area contributed by atoms with Crippen molar-refractivity contribution in [3.05, 3.63) is 24.3 Å². The van der Waals surface area contributed by atoms with Gasteiger partial charge in [-0.15, -0.1) is 12.4 Å². The topological polar surface area (TPSA) is 50.8 Å². The van der Waals surface area contributed by atoms with E-state index in [1.54, 1.807) is 0 Å². The molecule has 0 aromatic heterocycles. The zero-order chi connectivity index (χ0) is 15.2. The lowest BCUT2D eigenvalue weighted by Crippen LogP contribution is -2.58. The van der Waals surface area contributed by atoms with Gasteiger partial charge in [-0.1, -0.05) is 12.1 Å². The van der Waals surface area contributed by atoms with Crippen LogP contribution in [0.25, 0.3) is 0 Å². The molecule has 6 heteroatoms. The number of hydrogen-bond acceptors (Lipinski definition) is 4. The molecule has 2 unspecified atom stereocenters. The molecular weight excluding hydrogens is 304 g/mol. The lowest BCUT2D eigenvalue weighted by atomic mass is 10.1. The summed E-state index contributed by atoms with van der Waals surface area (Å²) in [5, 5.41) is 3.36. The van der Waals surface area contributed by atoms with E-state index in [1.165, 1.54) is 0 Å². The molecule has 0 bridgehead atoms. The van der Waals surface area contributed by atoms with Gasteiger partial charge in [-0.3, -0.25) is 4.79 Å². The van der Waals surface area contributed by atoms with Gasteiger partial charge in [0, 0.05) is 25.2 Å². The van der Waals surface area contributed by atoms with Crippen LogP contribution in [0.1, 0.15) is 20.8 Å². The summed E-state index contributed by atoms with van der Waals surface area (Å²) in [6, 6.07) is 7.91. The van der Waals surface area contributed by atoms with Gasteiger partial charge in [0.2, 0.25) is 0 Å². The number of rotatable bonds is 5. The highest BCUT2D eigenvalue weighted by Gasteiger charge is 2.28. The molecule has 1 N–H and O–H groups in total. The zero-order valence-electron chi connectivity index (χ0n) is 13.4. The van der Waals surface area contributed by atoms with E-state index in [9.17, 15) is 4.79 Å². The van der Waals surface area contributed by atoms with Crippen LogP contribution in [-0.4, -0.2) is 49.2 Å². The number of ether oxygens (including phenoxy) is 2. The number of piperazine rings is 1. The minimum Gasteiger partial charge on any atom is -0.490 e. The molecule has 0 radical (unpaired) electrons. The minimum absolute atomic E-state index is 0. The van der Waals surface area contributed by atoms with Crippen molar-refractivity contribution >= 4 is 18.3 Å². The molecule has 1 amide bonds. The molecule has 5 nitrogen and oxygen atoms in total. The molecule has 124 valence electrons. The predicted octanol–water partition coefficient (Wildman–Crippen LogP) is 2.09. The third-order valence-corrected chi connectivity index (χ3v) is 3.85. The van der Waals surface area contributed by atoms with Crippen LogP contribution in [0.15, 0.2) is 24.3 Å². The number of benzene rings is 1. The molecule has 1 heterocycles. The molecule has 1 aliphatic heterocycles. The molecule has 22 heavy (non-hydrogen) atoms. The van der Waals surface area contributed by atoms with Gasteiger partial charge in [-0.25, -0.2) is 0 Å². The van der Waals surface area contributed by atoms with Crippen molar-refractivity contribution in [2.24, 2.45) is 0 Å². The third kappa shape index (κ3) is 4.52. The van der Waals surface area contributed by atoms with E-state index >= 15 is 0 Å². The molecule has 1 aliphatic rings. The Balaban J connectivity index is 0.00000242. The summed E-state index contributed by atoms with van der Waals surface area (Å²) in [7, 11) is 0. The molecule has 1 saturated heterocycles. The molecular formula is C16H25ClN2O3. The Morgan fingerprint density at radius 2 is 1.91 bits per heavy atom. The Bertz CT molecular complexity index is 484. The quantitative estimate of drug-likeness (QED) is 0.899. The van der Waals surface area contributed by atoms with Crippen LogP contribution in [0, 0.1) is 0 Å². The molecule has 0 saturated carbocycles. The zero-order valence-corrected chi connectivity index (χ0v) is 14.2. The largest absolute Gasteiger partial charge is 0.490 e. The molecule has 2 atom stereocenters. The molecule has 1 fully saturated rings. The Morgan fingerprint density at radius 1 is 1.27 bits per heavy atom. The average Bonchev–Trinajstić information content (AvgIpc) is 2.49. The molecule has 2 rings (SSSR count). The van der Waals surface area contributed by atoms with Gasteiger partial charge in [0.25, 0.3) is 5.91 Å². The lowest BCUT2D eigenvalue weighted by Gasteiger charge is -2.38. The van der Waals surface area contributed by atoms with Crippen LogP contribution in [0.5, 0.6) is 11.5 Å². The van der Waals surface area contributed by atoms with Crippen LogP contribution in [0.3, 0.4) is 0 Å². The van der Waals surface area contributed by atoms with Crippen molar-refractivity contribution in [3.8, 4) is 11.5 Å². The first-order valence-electron chi connectivity index (χ1n) is 7.51. The van der Waals surface area contributed by atoms with Gasteiger partial charge < -0.3 is 19.7 Å². The highest BCUT2D eigenvalue weighted by molar-refractivity contribution is 5.85. The summed E-state index contributed by atoms with van der Waals surface area (Å²) in [6.45, 7) is 8.24. The number of carbonyl (C=O) groups is 1. The van der Waals surface area contributed by atoms with Gasteiger partial charge in [0.05, 0.1) is 6.61 Å². The van der Waals surface area contributed by atoms with E-state index in [1.807, 2.05) is 36.1 Å². The van der Waals surface area contributed by atoms with Crippen molar-refractivity contribution in [1.29, 1.82) is 0 Å². The first-order valence-corrected chi connectivity index (χ1v) is 7.51. The van der Waals surface area contributed by atoms with Crippen molar-refractivity contribution in [2.45, 2.75) is 32.9 Å². The first-order chi connectivity index (χ1) is 10.1. The monoisotopic (exact) mass is 328 g/mol. The van der Waals surface area contributed by atoms with Gasteiger partial charge in [0.15, 0.2) is 18.1 Å².